The highest BCUT2D eigenvalue weighted by molar-refractivity contribution is 7.22. The number of carbonyl (C=O) groups excluding carboxylic acids is 1. The van der Waals surface area contributed by atoms with E-state index in [1.807, 2.05) is 38.1 Å². The molecule has 0 bridgehead atoms. The van der Waals surface area contributed by atoms with E-state index in [0.29, 0.717) is 22.8 Å². The lowest BCUT2D eigenvalue weighted by Crippen LogP contribution is -2.39. The van der Waals surface area contributed by atoms with Gasteiger partial charge in [0.25, 0.3) is 5.91 Å². The number of amides is 1. The highest BCUT2D eigenvalue weighted by atomic mass is 32.1. The van der Waals surface area contributed by atoms with E-state index in [1.54, 1.807) is 11.0 Å². The molecule has 1 aliphatic heterocycles. The maximum absolute atomic E-state index is 14.2. The molecule has 0 N–H and O–H groups in total. The van der Waals surface area contributed by atoms with Crippen molar-refractivity contribution in [3.63, 3.8) is 0 Å². The average Bonchev–Trinajstić information content (AvgIpc) is 3.19. The summed E-state index contributed by atoms with van der Waals surface area (Å²) in [6.07, 6.45) is 0.814. The predicted octanol–water partition coefficient (Wildman–Crippen LogP) is 4.42. The Balaban J connectivity index is 1.59. The highest BCUT2D eigenvalue weighted by Crippen LogP contribution is 2.31. The molecule has 1 aliphatic rings. The fourth-order valence-corrected chi connectivity index (χ4v) is 4.61. The first-order chi connectivity index (χ1) is 14.5. The van der Waals surface area contributed by atoms with Gasteiger partial charge >= 0.3 is 0 Å². The average molecular weight is 428 g/mol. The van der Waals surface area contributed by atoms with Crippen LogP contribution in [0.1, 0.15) is 27.9 Å². The normalized spacial score (nSPS) is 14.9. The van der Waals surface area contributed by atoms with E-state index >= 15 is 0 Å². The molecule has 0 aliphatic carbocycles. The van der Waals surface area contributed by atoms with Gasteiger partial charge in [-0.2, -0.15) is 0 Å². The lowest BCUT2D eigenvalue weighted by molar-refractivity contribution is 0.0376. The third kappa shape index (κ3) is 4.53. The first kappa shape index (κ1) is 20.9. The van der Waals surface area contributed by atoms with Gasteiger partial charge in [-0.1, -0.05) is 23.5 Å². The maximum atomic E-state index is 14.2. The molecule has 2 heterocycles. The topological polar surface area (TPSA) is 45.7 Å². The summed E-state index contributed by atoms with van der Waals surface area (Å²) in [7, 11) is 0. The predicted molar refractivity (Wildman–Crippen MR) is 119 cm³/mol. The zero-order valence-corrected chi connectivity index (χ0v) is 18.2. The molecular formula is C23H26FN3O2S. The quantitative estimate of drug-likeness (QED) is 0.584. The number of benzene rings is 2. The van der Waals surface area contributed by atoms with Gasteiger partial charge in [-0.25, -0.2) is 9.37 Å². The van der Waals surface area contributed by atoms with Crippen molar-refractivity contribution < 1.29 is 13.9 Å². The molecule has 0 spiro atoms. The van der Waals surface area contributed by atoms with Gasteiger partial charge in [-0.3, -0.25) is 14.6 Å². The second kappa shape index (κ2) is 9.20. The summed E-state index contributed by atoms with van der Waals surface area (Å²) in [5, 5.41) is 0.542. The fraction of sp³-hybridized carbons (Fsp3) is 0.391. The van der Waals surface area contributed by atoms with Crippen LogP contribution in [0.25, 0.3) is 10.2 Å². The molecule has 7 heteroatoms. The molecule has 1 amide bonds. The zero-order valence-electron chi connectivity index (χ0n) is 17.4. The van der Waals surface area contributed by atoms with Gasteiger partial charge in [-0.15, -0.1) is 0 Å². The first-order valence-electron chi connectivity index (χ1n) is 10.3. The number of para-hydroxylation sites is 1. The van der Waals surface area contributed by atoms with Gasteiger partial charge in [0.2, 0.25) is 0 Å². The molecule has 158 valence electrons. The minimum atomic E-state index is -0.359. The Morgan fingerprint density at radius 3 is 2.73 bits per heavy atom. The van der Waals surface area contributed by atoms with Crippen molar-refractivity contribution in [2.24, 2.45) is 0 Å². The number of carbonyl (C=O) groups is 1. The van der Waals surface area contributed by atoms with Gasteiger partial charge < -0.3 is 4.74 Å². The standard InChI is InChI=1S/C23H26FN3O2S/c1-16-7-8-18(15-17(16)2)22(28)27(10-4-9-26-11-13-29-14-12-26)23-25-21-19(24)5-3-6-20(21)30-23/h3,5-8,15H,4,9-14H2,1-2H3. The van der Waals surface area contributed by atoms with Crippen molar-refractivity contribution in [3.05, 3.63) is 58.9 Å². The minimum Gasteiger partial charge on any atom is -0.379 e. The molecule has 0 unspecified atom stereocenters. The number of morpholine rings is 1. The Morgan fingerprint density at radius 1 is 1.20 bits per heavy atom. The first-order valence-corrected chi connectivity index (χ1v) is 11.1. The molecule has 0 saturated carbocycles. The molecule has 2 aromatic carbocycles. The molecule has 30 heavy (non-hydrogen) atoms. The number of halogens is 1. The lowest BCUT2D eigenvalue weighted by atomic mass is 10.1. The monoisotopic (exact) mass is 427 g/mol. The summed E-state index contributed by atoms with van der Waals surface area (Å²) in [6.45, 7) is 8.78. The van der Waals surface area contributed by atoms with E-state index in [-0.39, 0.29) is 11.7 Å². The minimum absolute atomic E-state index is 0.0976. The number of aryl methyl sites for hydroxylation is 2. The van der Waals surface area contributed by atoms with E-state index in [0.717, 1.165) is 55.1 Å². The Kier molecular flexibility index (Phi) is 6.41. The summed E-state index contributed by atoms with van der Waals surface area (Å²) in [4.78, 5) is 21.9. The number of rotatable bonds is 6. The van der Waals surface area contributed by atoms with Crippen LogP contribution in [0.3, 0.4) is 0 Å². The highest BCUT2D eigenvalue weighted by Gasteiger charge is 2.23. The Bertz CT molecular complexity index is 1050. The smallest absolute Gasteiger partial charge is 0.260 e. The van der Waals surface area contributed by atoms with E-state index in [4.69, 9.17) is 4.74 Å². The van der Waals surface area contributed by atoms with Gasteiger partial charge in [0.1, 0.15) is 11.3 Å². The summed E-state index contributed by atoms with van der Waals surface area (Å²) in [5.74, 6) is -0.457. The lowest BCUT2D eigenvalue weighted by Gasteiger charge is -2.27. The van der Waals surface area contributed by atoms with Crippen LogP contribution in [0.15, 0.2) is 36.4 Å². The number of ether oxygens (including phenoxy) is 1. The van der Waals surface area contributed by atoms with Crippen LogP contribution in [-0.2, 0) is 4.74 Å². The van der Waals surface area contributed by atoms with Crippen LogP contribution in [-0.4, -0.2) is 55.2 Å². The van der Waals surface area contributed by atoms with Crippen LogP contribution < -0.4 is 4.90 Å². The Hall–Kier alpha value is -2.35. The largest absolute Gasteiger partial charge is 0.379 e. The van der Waals surface area contributed by atoms with Crippen LogP contribution >= 0.6 is 11.3 Å². The third-order valence-electron chi connectivity index (χ3n) is 5.55. The molecule has 5 nitrogen and oxygen atoms in total. The number of fused-ring (bicyclic) bond motifs is 1. The van der Waals surface area contributed by atoms with Crippen molar-refractivity contribution in [3.8, 4) is 0 Å². The summed E-state index contributed by atoms with van der Waals surface area (Å²) >= 11 is 1.36. The number of aromatic nitrogens is 1. The number of hydrogen-bond donors (Lipinski definition) is 0. The second-order valence-electron chi connectivity index (χ2n) is 7.65. The number of thiazole rings is 1. The van der Waals surface area contributed by atoms with Crippen LogP contribution in [0, 0.1) is 19.7 Å². The van der Waals surface area contributed by atoms with Gasteiger partial charge in [-0.05, 0) is 55.7 Å². The van der Waals surface area contributed by atoms with E-state index < -0.39 is 0 Å². The maximum Gasteiger partial charge on any atom is 0.260 e. The molecule has 1 aromatic heterocycles. The zero-order chi connectivity index (χ0) is 21.1. The van der Waals surface area contributed by atoms with Crippen molar-refractivity contribution in [1.29, 1.82) is 0 Å². The van der Waals surface area contributed by atoms with E-state index in [9.17, 15) is 9.18 Å². The molecule has 0 radical (unpaired) electrons. The number of nitrogens with zero attached hydrogens (tertiary/aromatic N) is 3. The molecule has 4 rings (SSSR count). The van der Waals surface area contributed by atoms with Gasteiger partial charge in [0.15, 0.2) is 5.13 Å². The number of hydrogen-bond acceptors (Lipinski definition) is 5. The van der Waals surface area contributed by atoms with Gasteiger partial charge in [0.05, 0.1) is 17.9 Å². The molecular weight excluding hydrogens is 401 g/mol. The third-order valence-corrected chi connectivity index (χ3v) is 6.59. The molecule has 1 saturated heterocycles. The SMILES string of the molecule is Cc1ccc(C(=O)N(CCCN2CCOCC2)c2nc3c(F)cccc3s2)cc1C. The Morgan fingerprint density at radius 2 is 2.00 bits per heavy atom. The van der Waals surface area contributed by atoms with Crippen molar-refractivity contribution in [2.75, 3.05) is 44.3 Å². The second-order valence-corrected chi connectivity index (χ2v) is 8.66. The Labute approximate surface area is 180 Å². The summed E-state index contributed by atoms with van der Waals surface area (Å²) in [6, 6.07) is 10.7. The van der Waals surface area contributed by atoms with Crippen molar-refractivity contribution >= 4 is 32.6 Å². The van der Waals surface area contributed by atoms with Crippen LogP contribution in [0.4, 0.5) is 9.52 Å². The van der Waals surface area contributed by atoms with Gasteiger partial charge in [0, 0.05) is 31.7 Å². The summed E-state index contributed by atoms with van der Waals surface area (Å²) in [5.41, 5.74) is 3.17. The van der Waals surface area contributed by atoms with E-state index in [1.165, 1.54) is 17.4 Å². The fourth-order valence-electron chi connectivity index (χ4n) is 3.61. The molecule has 0 atom stereocenters. The van der Waals surface area contributed by atoms with E-state index in [2.05, 4.69) is 9.88 Å². The van der Waals surface area contributed by atoms with Crippen molar-refractivity contribution in [2.45, 2.75) is 20.3 Å². The molecule has 1 fully saturated rings. The molecule has 3 aromatic rings. The summed E-state index contributed by atoms with van der Waals surface area (Å²) < 4.78 is 20.4. The van der Waals surface area contributed by atoms with Crippen LogP contribution in [0.2, 0.25) is 0 Å². The number of anilines is 1. The van der Waals surface area contributed by atoms with Crippen molar-refractivity contribution in [1.82, 2.24) is 9.88 Å². The van der Waals surface area contributed by atoms with Crippen LogP contribution in [0.5, 0.6) is 0 Å².